The number of amides is 1. The Labute approximate surface area is 76.3 Å². The summed E-state index contributed by atoms with van der Waals surface area (Å²) in [5.41, 5.74) is 0.395. The van der Waals surface area contributed by atoms with Gasteiger partial charge in [0.05, 0.1) is 12.8 Å². The van der Waals surface area contributed by atoms with Crippen molar-refractivity contribution >= 4 is 11.6 Å². The van der Waals surface area contributed by atoms with Crippen molar-refractivity contribution in [3.05, 3.63) is 24.3 Å². The summed E-state index contributed by atoms with van der Waals surface area (Å²) in [5.74, 6) is 0.158. The third kappa shape index (κ3) is 2.19. The van der Waals surface area contributed by atoms with Crippen LogP contribution in [-0.2, 0) is 4.79 Å². The molecule has 0 bridgehead atoms. The fourth-order valence-electron chi connectivity index (χ4n) is 0.924. The molecule has 0 aliphatic heterocycles. The summed E-state index contributed by atoms with van der Waals surface area (Å²) < 4.78 is 4.94. The summed E-state index contributed by atoms with van der Waals surface area (Å²) in [6, 6.07) is 6.61. The topological polar surface area (TPSA) is 49.8 Å². The highest BCUT2D eigenvalue weighted by Gasteiger charge is 2.07. The number of hydroxylamine groups is 1. The first kappa shape index (κ1) is 9.54. The summed E-state index contributed by atoms with van der Waals surface area (Å²) >= 11 is 0. The molecule has 1 amide bonds. The normalized spacial score (nSPS) is 9.46. The van der Waals surface area contributed by atoms with E-state index in [1.807, 2.05) is 0 Å². The standard InChI is InChI=1S/C9H11NO3/c1-7(11)10(12)8-4-3-5-9(6-8)13-2/h3-6,12H,1-2H3. The molecule has 13 heavy (non-hydrogen) atoms. The minimum Gasteiger partial charge on any atom is -0.497 e. The fourth-order valence-corrected chi connectivity index (χ4v) is 0.924. The van der Waals surface area contributed by atoms with E-state index in [4.69, 9.17) is 4.74 Å². The molecular weight excluding hydrogens is 170 g/mol. The van der Waals surface area contributed by atoms with Gasteiger partial charge in [-0.2, -0.15) is 5.06 Å². The Bertz CT molecular complexity index is 311. The molecule has 0 saturated carbocycles. The van der Waals surface area contributed by atoms with Gasteiger partial charge in [-0.25, -0.2) is 0 Å². The van der Waals surface area contributed by atoms with Gasteiger partial charge in [-0.15, -0.1) is 0 Å². The van der Waals surface area contributed by atoms with Gasteiger partial charge in [0, 0.05) is 13.0 Å². The molecule has 4 nitrogen and oxygen atoms in total. The lowest BCUT2D eigenvalue weighted by molar-refractivity contribution is -0.121. The first-order valence-corrected chi connectivity index (χ1v) is 3.79. The van der Waals surface area contributed by atoms with E-state index < -0.39 is 5.91 Å². The Morgan fingerprint density at radius 2 is 2.23 bits per heavy atom. The number of nitrogens with zero attached hydrogens (tertiary/aromatic N) is 1. The van der Waals surface area contributed by atoms with Crippen LogP contribution < -0.4 is 9.80 Å². The Balaban J connectivity index is 2.94. The number of hydrogen-bond donors (Lipinski definition) is 1. The second-order valence-electron chi connectivity index (χ2n) is 2.53. The van der Waals surface area contributed by atoms with Crippen molar-refractivity contribution in [3.8, 4) is 5.75 Å². The molecule has 0 unspecified atom stereocenters. The zero-order valence-corrected chi connectivity index (χ0v) is 7.52. The van der Waals surface area contributed by atoms with Gasteiger partial charge in [0.1, 0.15) is 5.75 Å². The molecular formula is C9H11NO3. The highest BCUT2D eigenvalue weighted by molar-refractivity contribution is 5.89. The summed E-state index contributed by atoms with van der Waals surface area (Å²) in [4.78, 5) is 10.8. The van der Waals surface area contributed by atoms with Crippen LogP contribution in [0.25, 0.3) is 0 Å². The second-order valence-corrected chi connectivity index (χ2v) is 2.53. The molecule has 1 rings (SSSR count). The Kier molecular flexibility index (Phi) is 2.87. The lowest BCUT2D eigenvalue weighted by Gasteiger charge is -2.12. The van der Waals surface area contributed by atoms with Gasteiger partial charge < -0.3 is 4.74 Å². The van der Waals surface area contributed by atoms with E-state index in [1.54, 1.807) is 24.3 Å². The van der Waals surface area contributed by atoms with E-state index in [0.29, 0.717) is 16.5 Å². The summed E-state index contributed by atoms with van der Waals surface area (Å²) in [6.45, 7) is 1.28. The minimum absolute atomic E-state index is 0.395. The molecule has 0 fully saturated rings. The Morgan fingerprint density at radius 3 is 2.77 bits per heavy atom. The SMILES string of the molecule is COc1cccc(N(O)C(C)=O)c1. The molecule has 1 aromatic rings. The fraction of sp³-hybridized carbons (Fsp3) is 0.222. The smallest absolute Gasteiger partial charge is 0.247 e. The van der Waals surface area contributed by atoms with E-state index in [9.17, 15) is 10.0 Å². The number of carbonyl (C=O) groups excluding carboxylic acids is 1. The van der Waals surface area contributed by atoms with Crippen LogP contribution >= 0.6 is 0 Å². The molecule has 1 N–H and O–H groups in total. The molecule has 0 spiro atoms. The quantitative estimate of drug-likeness (QED) is 0.554. The van der Waals surface area contributed by atoms with Gasteiger partial charge in [-0.1, -0.05) is 6.07 Å². The van der Waals surface area contributed by atoms with Crippen LogP contribution in [0.2, 0.25) is 0 Å². The third-order valence-electron chi connectivity index (χ3n) is 1.60. The van der Waals surface area contributed by atoms with Gasteiger partial charge in [0.2, 0.25) is 5.91 Å². The summed E-state index contributed by atoms with van der Waals surface area (Å²) in [7, 11) is 1.52. The molecule has 70 valence electrons. The molecule has 0 saturated heterocycles. The first-order valence-electron chi connectivity index (χ1n) is 3.79. The van der Waals surface area contributed by atoms with Crippen molar-refractivity contribution in [2.45, 2.75) is 6.92 Å². The van der Waals surface area contributed by atoms with E-state index in [0.717, 1.165) is 0 Å². The first-order chi connectivity index (χ1) is 6.15. The van der Waals surface area contributed by atoms with E-state index in [1.165, 1.54) is 14.0 Å². The number of benzene rings is 1. The highest BCUT2D eigenvalue weighted by atomic mass is 16.5. The van der Waals surface area contributed by atoms with Crippen molar-refractivity contribution in [2.75, 3.05) is 12.2 Å². The van der Waals surface area contributed by atoms with Gasteiger partial charge in [-0.05, 0) is 12.1 Å². The van der Waals surface area contributed by atoms with Crippen LogP contribution in [0, 0.1) is 0 Å². The van der Waals surface area contributed by atoms with E-state index >= 15 is 0 Å². The predicted molar refractivity (Wildman–Crippen MR) is 47.9 cm³/mol. The number of rotatable bonds is 2. The summed E-state index contributed by atoms with van der Waals surface area (Å²) in [6.07, 6.45) is 0. The molecule has 0 aliphatic carbocycles. The molecule has 0 aromatic heterocycles. The van der Waals surface area contributed by atoms with Gasteiger partial charge >= 0.3 is 0 Å². The number of hydrogen-bond acceptors (Lipinski definition) is 3. The van der Waals surface area contributed by atoms with Crippen molar-refractivity contribution in [2.24, 2.45) is 0 Å². The van der Waals surface area contributed by atoms with Crippen molar-refractivity contribution in [1.82, 2.24) is 0 Å². The predicted octanol–water partition coefficient (Wildman–Crippen LogP) is 1.44. The monoisotopic (exact) mass is 181 g/mol. The average molecular weight is 181 g/mol. The molecule has 0 aliphatic rings. The van der Waals surface area contributed by atoms with Crippen LogP contribution in [0.5, 0.6) is 5.75 Å². The zero-order chi connectivity index (χ0) is 9.84. The summed E-state index contributed by atoms with van der Waals surface area (Å²) in [5, 5.41) is 9.82. The number of ether oxygens (including phenoxy) is 1. The Morgan fingerprint density at radius 1 is 1.54 bits per heavy atom. The molecule has 0 atom stereocenters. The van der Waals surface area contributed by atoms with Gasteiger partial charge in [0.15, 0.2) is 0 Å². The molecule has 0 radical (unpaired) electrons. The molecule has 0 heterocycles. The number of carbonyl (C=O) groups is 1. The Hall–Kier alpha value is -1.55. The van der Waals surface area contributed by atoms with E-state index in [2.05, 4.69) is 0 Å². The second kappa shape index (κ2) is 3.91. The van der Waals surface area contributed by atoms with Gasteiger partial charge in [0.25, 0.3) is 0 Å². The van der Waals surface area contributed by atoms with Crippen molar-refractivity contribution < 1.29 is 14.7 Å². The average Bonchev–Trinajstić information content (AvgIpc) is 2.16. The van der Waals surface area contributed by atoms with Crippen LogP contribution in [0.4, 0.5) is 5.69 Å². The van der Waals surface area contributed by atoms with E-state index in [-0.39, 0.29) is 0 Å². The van der Waals surface area contributed by atoms with Gasteiger partial charge in [-0.3, -0.25) is 10.0 Å². The molecule has 4 heteroatoms. The van der Waals surface area contributed by atoms with Crippen molar-refractivity contribution in [1.29, 1.82) is 0 Å². The van der Waals surface area contributed by atoms with Crippen LogP contribution in [-0.4, -0.2) is 18.2 Å². The number of methoxy groups -OCH3 is 1. The van der Waals surface area contributed by atoms with Crippen molar-refractivity contribution in [3.63, 3.8) is 0 Å². The van der Waals surface area contributed by atoms with Crippen LogP contribution in [0.15, 0.2) is 24.3 Å². The van der Waals surface area contributed by atoms with Crippen LogP contribution in [0.1, 0.15) is 6.92 Å². The highest BCUT2D eigenvalue weighted by Crippen LogP contribution is 2.19. The lowest BCUT2D eigenvalue weighted by atomic mass is 10.3. The molecule has 1 aromatic carbocycles. The maximum absolute atomic E-state index is 10.8. The van der Waals surface area contributed by atoms with Crippen LogP contribution in [0.3, 0.4) is 0 Å². The minimum atomic E-state index is -0.437. The maximum Gasteiger partial charge on any atom is 0.247 e. The largest absolute Gasteiger partial charge is 0.497 e. The third-order valence-corrected chi connectivity index (χ3v) is 1.60. The lowest BCUT2D eigenvalue weighted by Crippen LogP contribution is -2.23. The zero-order valence-electron chi connectivity index (χ0n) is 7.52. The number of anilines is 1. The maximum atomic E-state index is 10.8.